The largest absolute Gasteiger partial charge is 0.356 e. The van der Waals surface area contributed by atoms with Crippen molar-refractivity contribution in [1.29, 1.82) is 0 Å². The molecular weight excluding hydrogens is 242 g/mol. The van der Waals surface area contributed by atoms with Gasteiger partial charge in [0, 0.05) is 13.1 Å². The lowest BCUT2D eigenvalue weighted by molar-refractivity contribution is 0.426. The maximum Gasteiger partial charge on any atom is 0.241 e. The van der Waals surface area contributed by atoms with Crippen LogP contribution in [0.1, 0.15) is 32.1 Å². The molecule has 0 aliphatic heterocycles. The van der Waals surface area contributed by atoms with E-state index in [1.165, 1.54) is 32.1 Å². The number of nitrogen functional groups attached to an aromatic ring is 1. The van der Waals surface area contributed by atoms with E-state index >= 15 is 0 Å². The molecule has 7 heteroatoms. The van der Waals surface area contributed by atoms with E-state index in [9.17, 15) is 0 Å². The summed E-state index contributed by atoms with van der Waals surface area (Å²) < 4.78 is 0. The highest BCUT2D eigenvalue weighted by atomic mass is 15.3. The second kappa shape index (κ2) is 5.00. The van der Waals surface area contributed by atoms with Gasteiger partial charge in [-0.1, -0.05) is 19.3 Å². The summed E-state index contributed by atoms with van der Waals surface area (Å²) in [5.41, 5.74) is 3.22. The first-order valence-corrected chi connectivity index (χ1v) is 6.70. The van der Waals surface area contributed by atoms with Crippen LogP contribution in [-0.4, -0.2) is 33.3 Å². The van der Waals surface area contributed by atoms with Gasteiger partial charge in [-0.25, -0.2) is 5.84 Å². The van der Waals surface area contributed by atoms with Crippen molar-refractivity contribution in [3.63, 3.8) is 0 Å². The number of aromatic nitrogens is 4. The number of rotatable bonds is 3. The molecule has 7 nitrogen and oxygen atoms in total. The Balaban J connectivity index is 1.99. The number of anilines is 2. The van der Waals surface area contributed by atoms with Crippen LogP contribution in [0.25, 0.3) is 11.0 Å². The molecule has 102 valence electrons. The van der Waals surface area contributed by atoms with Crippen LogP contribution in [0.15, 0.2) is 6.20 Å². The third-order valence-electron chi connectivity index (χ3n) is 3.88. The molecule has 0 spiro atoms. The van der Waals surface area contributed by atoms with Gasteiger partial charge in [0.1, 0.15) is 5.82 Å². The monoisotopic (exact) mass is 261 g/mol. The maximum absolute atomic E-state index is 5.43. The van der Waals surface area contributed by atoms with E-state index in [-0.39, 0.29) is 0 Å². The van der Waals surface area contributed by atoms with Crippen molar-refractivity contribution in [3.05, 3.63) is 6.20 Å². The minimum atomic E-state index is 0.411. The van der Waals surface area contributed by atoms with Crippen LogP contribution in [-0.2, 0) is 0 Å². The van der Waals surface area contributed by atoms with Crippen LogP contribution in [0.5, 0.6) is 0 Å². The lowest BCUT2D eigenvalue weighted by atomic mass is 9.94. The molecule has 19 heavy (non-hydrogen) atoms. The molecule has 0 saturated heterocycles. The number of fused-ring (bicyclic) bond motifs is 1. The molecule has 1 saturated carbocycles. The van der Waals surface area contributed by atoms with Gasteiger partial charge in [0.05, 0.1) is 11.6 Å². The summed E-state index contributed by atoms with van der Waals surface area (Å²) in [6.45, 7) is 0. The fourth-order valence-electron chi connectivity index (χ4n) is 2.79. The van der Waals surface area contributed by atoms with E-state index in [0.29, 0.717) is 17.6 Å². The first-order valence-electron chi connectivity index (χ1n) is 6.70. The van der Waals surface area contributed by atoms with Crippen LogP contribution in [0.2, 0.25) is 0 Å². The summed E-state index contributed by atoms with van der Waals surface area (Å²) in [6, 6.07) is 0.535. The smallest absolute Gasteiger partial charge is 0.241 e. The number of nitrogens with two attached hydrogens (primary N) is 1. The fraction of sp³-hybridized carbons (Fsp3) is 0.583. The third kappa shape index (κ3) is 2.21. The van der Waals surface area contributed by atoms with Gasteiger partial charge in [0.2, 0.25) is 5.95 Å². The van der Waals surface area contributed by atoms with Crippen molar-refractivity contribution in [2.45, 2.75) is 38.1 Å². The second-order valence-corrected chi connectivity index (χ2v) is 5.05. The summed E-state index contributed by atoms with van der Waals surface area (Å²) in [5.74, 6) is 6.73. The Morgan fingerprint density at radius 1 is 1.32 bits per heavy atom. The molecule has 0 amide bonds. The van der Waals surface area contributed by atoms with Gasteiger partial charge in [0.25, 0.3) is 0 Å². The number of hydrogen-bond donors (Lipinski definition) is 3. The van der Waals surface area contributed by atoms with Gasteiger partial charge in [-0.15, -0.1) is 0 Å². The average molecular weight is 261 g/mol. The van der Waals surface area contributed by atoms with Crippen LogP contribution < -0.4 is 16.2 Å². The zero-order chi connectivity index (χ0) is 13.2. The first kappa shape index (κ1) is 12.2. The van der Waals surface area contributed by atoms with Crippen molar-refractivity contribution >= 4 is 22.8 Å². The molecule has 1 aliphatic carbocycles. The zero-order valence-corrected chi connectivity index (χ0v) is 11.1. The molecule has 1 fully saturated rings. The molecule has 2 aromatic heterocycles. The Labute approximate surface area is 111 Å². The van der Waals surface area contributed by atoms with Crippen molar-refractivity contribution in [1.82, 2.24) is 20.2 Å². The molecule has 0 bridgehead atoms. The van der Waals surface area contributed by atoms with E-state index in [4.69, 9.17) is 5.84 Å². The topological polar surface area (TPSA) is 95.8 Å². The number of hydrazine groups is 1. The molecule has 0 radical (unpaired) electrons. The van der Waals surface area contributed by atoms with Crippen LogP contribution in [0, 0.1) is 0 Å². The van der Waals surface area contributed by atoms with Crippen LogP contribution in [0.4, 0.5) is 11.8 Å². The summed E-state index contributed by atoms with van der Waals surface area (Å²) in [7, 11) is 2.09. The van der Waals surface area contributed by atoms with Crippen molar-refractivity contribution in [3.8, 4) is 0 Å². The van der Waals surface area contributed by atoms with Gasteiger partial charge in [-0.05, 0) is 12.8 Å². The Bertz CT molecular complexity index is 558. The quantitative estimate of drug-likeness (QED) is 0.571. The zero-order valence-electron chi connectivity index (χ0n) is 11.1. The number of hydrogen-bond acceptors (Lipinski definition) is 6. The number of nitrogens with zero attached hydrogens (tertiary/aromatic N) is 4. The van der Waals surface area contributed by atoms with Gasteiger partial charge in [-0.3, -0.25) is 10.5 Å². The predicted octanol–water partition coefficient (Wildman–Crippen LogP) is 1.41. The lowest BCUT2D eigenvalue weighted by Crippen LogP contribution is -2.34. The Hall–Kier alpha value is -1.89. The third-order valence-corrected chi connectivity index (χ3v) is 3.88. The Morgan fingerprint density at radius 2 is 2.11 bits per heavy atom. The number of H-pyrrole nitrogens is 1. The minimum Gasteiger partial charge on any atom is -0.356 e. The highest BCUT2D eigenvalue weighted by Gasteiger charge is 2.22. The summed E-state index contributed by atoms with van der Waals surface area (Å²) in [4.78, 5) is 11.0. The van der Waals surface area contributed by atoms with Gasteiger partial charge in [-0.2, -0.15) is 15.1 Å². The Morgan fingerprint density at radius 3 is 2.84 bits per heavy atom. The minimum absolute atomic E-state index is 0.411. The molecule has 0 aromatic carbocycles. The van der Waals surface area contributed by atoms with Crippen molar-refractivity contribution < 1.29 is 0 Å². The molecule has 2 aromatic rings. The van der Waals surface area contributed by atoms with Gasteiger partial charge >= 0.3 is 0 Å². The highest BCUT2D eigenvalue weighted by Crippen LogP contribution is 2.29. The fourth-order valence-corrected chi connectivity index (χ4v) is 2.79. The van der Waals surface area contributed by atoms with E-state index in [1.807, 2.05) is 0 Å². The normalized spacial score (nSPS) is 16.7. The van der Waals surface area contributed by atoms with Gasteiger partial charge in [0.15, 0.2) is 5.65 Å². The standard InChI is InChI=1S/C12H19N7/c1-19(8-5-3-2-4-6-8)11-9-7-14-18-10(9)15-12(16-11)17-13/h7-8H,2-6,13H2,1H3,(H2,14,15,16,17,18). The maximum atomic E-state index is 5.43. The highest BCUT2D eigenvalue weighted by molar-refractivity contribution is 5.87. The molecular formula is C12H19N7. The van der Waals surface area contributed by atoms with E-state index < -0.39 is 0 Å². The molecule has 2 heterocycles. The predicted molar refractivity (Wildman–Crippen MR) is 74.8 cm³/mol. The number of nitrogens with one attached hydrogen (secondary N) is 2. The molecule has 3 rings (SSSR count). The summed E-state index contributed by atoms with van der Waals surface area (Å²) in [5, 5.41) is 7.85. The lowest BCUT2D eigenvalue weighted by Gasteiger charge is -2.32. The van der Waals surface area contributed by atoms with E-state index in [1.54, 1.807) is 6.20 Å². The molecule has 0 unspecified atom stereocenters. The molecule has 0 atom stereocenters. The van der Waals surface area contributed by atoms with E-state index in [2.05, 4.69) is 37.5 Å². The van der Waals surface area contributed by atoms with Crippen LogP contribution >= 0.6 is 0 Å². The molecule has 4 N–H and O–H groups in total. The summed E-state index contributed by atoms with van der Waals surface area (Å²) >= 11 is 0. The van der Waals surface area contributed by atoms with Gasteiger partial charge < -0.3 is 4.90 Å². The average Bonchev–Trinajstić information content (AvgIpc) is 2.94. The van der Waals surface area contributed by atoms with Crippen LogP contribution in [0.3, 0.4) is 0 Å². The number of aromatic amines is 1. The SMILES string of the molecule is CN(c1nc(NN)nc2[nH]ncc12)C1CCCCC1. The first-order chi connectivity index (χ1) is 9.29. The Kier molecular flexibility index (Phi) is 3.20. The second-order valence-electron chi connectivity index (χ2n) is 5.05. The molecule has 1 aliphatic rings. The van der Waals surface area contributed by atoms with E-state index in [0.717, 1.165) is 11.2 Å². The summed E-state index contributed by atoms with van der Waals surface area (Å²) in [6.07, 6.45) is 8.11. The van der Waals surface area contributed by atoms with Crippen molar-refractivity contribution in [2.75, 3.05) is 17.4 Å². The van der Waals surface area contributed by atoms with Crippen molar-refractivity contribution in [2.24, 2.45) is 5.84 Å².